The summed E-state index contributed by atoms with van der Waals surface area (Å²) < 4.78 is 44.9. The average molecular weight is 432 g/mol. The minimum atomic E-state index is -4.62. The fourth-order valence-corrected chi connectivity index (χ4v) is 3.50. The Morgan fingerprint density at radius 3 is 2.61 bits per heavy atom. The first kappa shape index (κ1) is 20.9. The van der Waals surface area contributed by atoms with Crippen molar-refractivity contribution in [3.8, 4) is 0 Å². The molecular weight excluding hydrogens is 413 g/mol. The van der Waals surface area contributed by atoms with Crippen LogP contribution in [-0.4, -0.2) is 42.2 Å². The molecule has 1 aliphatic heterocycles. The number of nitrogens with one attached hydrogen (secondary N) is 2. The zero-order valence-electron chi connectivity index (χ0n) is 16.5. The largest absolute Gasteiger partial charge is 0.433 e. The number of aromatic nitrogens is 2. The number of pyridine rings is 2. The number of hydrogen-bond donors (Lipinski definition) is 2. The molecule has 1 amide bonds. The number of alkyl halides is 3. The van der Waals surface area contributed by atoms with Gasteiger partial charge in [-0.3, -0.25) is 9.59 Å². The Kier molecular flexibility index (Phi) is 5.40. The van der Waals surface area contributed by atoms with Crippen molar-refractivity contribution in [1.82, 2.24) is 9.97 Å². The highest BCUT2D eigenvalue weighted by molar-refractivity contribution is 6.08. The van der Waals surface area contributed by atoms with Crippen molar-refractivity contribution in [2.45, 2.75) is 13.1 Å². The van der Waals surface area contributed by atoms with E-state index in [-0.39, 0.29) is 16.9 Å². The van der Waals surface area contributed by atoms with Crippen molar-refractivity contribution < 1.29 is 22.7 Å². The highest BCUT2D eigenvalue weighted by Crippen LogP contribution is 2.31. The van der Waals surface area contributed by atoms with Crippen molar-refractivity contribution in [3.63, 3.8) is 0 Å². The fourth-order valence-electron chi connectivity index (χ4n) is 3.50. The first-order valence-corrected chi connectivity index (χ1v) is 9.58. The third-order valence-electron chi connectivity index (χ3n) is 5.03. The maximum atomic E-state index is 13.2. The van der Waals surface area contributed by atoms with Gasteiger partial charge in [0.1, 0.15) is 11.5 Å². The van der Waals surface area contributed by atoms with Gasteiger partial charge in [-0.2, -0.15) is 13.2 Å². The first-order valence-electron chi connectivity index (χ1n) is 9.58. The first-order chi connectivity index (χ1) is 14.7. The Labute approximate surface area is 174 Å². The molecule has 2 aromatic heterocycles. The summed E-state index contributed by atoms with van der Waals surface area (Å²) in [5, 5.41) is 3.47. The molecule has 2 N–H and O–H groups in total. The lowest BCUT2D eigenvalue weighted by Gasteiger charge is -2.29. The molecule has 0 atom stereocenters. The molecule has 0 aliphatic carbocycles. The van der Waals surface area contributed by atoms with Crippen molar-refractivity contribution in [1.29, 1.82) is 0 Å². The van der Waals surface area contributed by atoms with Crippen LogP contribution in [0.3, 0.4) is 0 Å². The number of rotatable bonds is 3. The van der Waals surface area contributed by atoms with Gasteiger partial charge in [-0.1, -0.05) is 0 Å². The molecule has 0 spiro atoms. The Balaban J connectivity index is 1.69. The van der Waals surface area contributed by atoms with Crippen LogP contribution in [0.2, 0.25) is 0 Å². The minimum Gasteiger partial charge on any atom is -0.378 e. The van der Waals surface area contributed by atoms with E-state index in [1.807, 2.05) is 0 Å². The highest BCUT2D eigenvalue weighted by Gasteiger charge is 2.34. The molecule has 1 saturated heterocycles. The molecule has 1 aliphatic rings. The number of anilines is 2. The summed E-state index contributed by atoms with van der Waals surface area (Å²) in [6, 6.07) is 8.36. The lowest BCUT2D eigenvalue weighted by Crippen LogP contribution is -2.38. The smallest absolute Gasteiger partial charge is 0.378 e. The number of H-pyrrole nitrogens is 1. The molecule has 162 valence electrons. The van der Waals surface area contributed by atoms with Crippen LogP contribution in [0.1, 0.15) is 21.6 Å². The molecule has 0 unspecified atom stereocenters. The van der Waals surface area contributed by atoms with Crippen molar-refractivity contribution >= 4 is 28.3 Å². The third-order valence-corrected chi connectivity index (χ3v) is 5.03. The number of hydrogen-bond acceptors (Lipinski definition) is 5. The van der Waals surface area contributed by atoms with Gasteiger partial charge in [0.25, 0.3) is 5.91 Å². The van der Waals surface area contributed by atoms with Crippen LogP contribution in [0.5, 0.6) is 0 Å². The van der Waals surface area contributed by atoms with Crippen molar-refractivity contribution in [3.05, 3.63) is 63.6 Å². The lowest BCUT2D eigenvalue weighted by molar-refractivity contribution is -0.141. The normalized spacial score (nSPS) is 14.6. The number of benzene rings is 1. The van der Waals surface area contributed by atoms with Gasteiger partial charge in [-0.15, -0.1) is 0 Å². The number of aryl methyl sites for hydroxylation is 1. The summed E-state index contributed by atoms with van der Waals surface area (Å²) in [6.07, 6.45) is -4.62. The molecule has 0 radical (unpaired) electrons. The van der Waals surface area contributed by atoms with Crippen LogP contribution in [0, 0.1) is 6.92 Å². The van der Waals surface area contributed by atoms with E-state index in [1.165, 1.54) is 6.07 Å². The van der Waals surface area contributed by atoms with Gasteiger partial charge in [0.15, 0.2) is 0 Å². The predicted molar refractivity (Wildman–Crippen MR) is 110 cm³/mol. The number of carbonyl (C=O) groups is 1. The molecule has 31 heavy (non-hydrogen) atoms. The zero-order valence-corrected chi connectivity index (χ0v) is 16.5. The van der Waals surface area contributed by atoms with E-state index in [0.29, 0.717) is 37.5 Å². The van der Waals surface area contributed by atoms with E-state index in [4.69, 9.17) is 4.74 Å². The summed E-state index contributed by atoms with van der Waals surface area (Å²) in [5.41, 5.74) is 0.547. The number of carbonyl (C=O) groups excluding carboxylic acids is 1. The van der Waals surface area contributed by atoms with Gasteiger partial charge >= 0.3 is 6.18 Å². The van der Waals surface area contributed by atoms with Crippen LogP contribution in [0.15, 0.2) is 41.2 Å². The molecule has 3 heterocycles. The van der Waals surface area contributed by atoms with E-state index in [2.05, 4.69) is 15.3 Å². The molecule has 1 fully saturated rings. The van der Waals surface area contributed by atoms with E-state index < -0.39 is 17.8 Å². The van der Waals surface area contributed by atoms with Gasteiger partial charge in [0.2, 0.25) is 5.56 Å². The van der Waals surface area contributed by atoms with Crippen molar-refractivity contribution in [2.24, 2.45) is 0 Å². The summed E-state index contributed by atoms with van der Waals surface area (Å²) in [5.74, 6) is -0.610. The van der Waals surface area contributed by atoms with Crippen molar-refractivity contribution in [2.75, 3.05) is 36.5 Å². The monoisotopic (exact) mass is 432 g/mol. The van der Waals surface area contributed by atoms with Crippen LogP contribution < -0.4 is 15.8 Å². The van der Waals surface area contributed by atoms with Crippen LogP contribution in [0.4, 0.5) is 24.7 Å². The zero-order chi connectivity index (χ0) is 22.2. The summed E-state index contributed by atoms with van der Waals surface area (Å²) in [6.45, 7) is 3.11. The number of ether oxygens (including phenoxy) is 1. The summed E-state index contributed by atoms with van der Waals surface area (Å²) in [4.78, 5) is 32.7. The van der Waals surface area contributed by atoms with Gasteiger partial charge < -0.3 is 19.9 Å². The Morgan fingerprint density at radius 2 is 1.90 bits per heavy atom. The van der Waals surface area contributed by atoms with Gasteiger partial charge in [-0.05, 0) is 42.8 Å². The molecule has 0 bridgehead atoms. The Hall–Kier alpha value is -3.40. The van der Waals surface area contributed by atoms with E-state index in [9.17, 15) is 22.8 Å². The quantitative estimate of drug-likeness (QED) is 0.663. The molecular formula is C21H19F3N4O3. The average Bonchev–Trinajstić information content (AvgIpc) is 2.73. The van der Waals surface area contributed by atoms with Crippen LogP contribution >= 0.6 is 0 Å². The van der Waals surface area contributed by atoms with Crippen LogP contribution in [-0.2, 0) is 10.9 Å². The van der Waals surface area contributed by atoms with Gasteiger partial charge in [-0.25, -0.2) is 4.98 Å². The Morgan fingerprint density at radius 1 is 1.16 bits per heavy atom. The number of amides is 1. The molecule has 4 rings (SSSR count). The second-order valence-electron chi connectivity index (χ2n) is 7.20. The molecule has 0 saturated carbocycles. The Bertz CT molecular complexity index is 1200. The van der Waals surface area contributed by atoms with Crippen LogP contribution in [0.25, 0.3) is 10.9 Å². The van der Waals surface area contributed by atoms with Gasteiger partial charge in [0.05, 0.1) is 18.8 Å². The topological polar surface area (TPSA) is 87.3 Å². The maximum Gasteiger partial charge on any atom is 0.433 e. The SMILES string of the molecule is Cc1cc(=O)[nH]c2ccc(NC(=O)c3ccc(C(F)(F)F)nc3N3CCOCC3)cc12. The van der Waals surface area contributed by atoms with E-state index in [0.717, 1.165) is 23.1 Å². The maximum absolute atomic E-state index is 13.2. The van der Waals surface area contributed by atoms with E-state index in [1.54, 1.807) is 30.0 Å². The summed E-state index contributed by atoms with van der Waals surface area (Å²) in [7, 11) is 0. The number of fused-ring (bicyclic) bond motifs is 1. The fraction of sp³-hybridized carbons (Fsp3) is 0.286. The standard InChI is InChI=1S/C21H19F3N4O3/c1-12-10-18(29)26-16-4-2-13(11-15(12)16)25-20(30)14-3-5-17(21(22,23)24)27-19(14)28-6-8-31-9-7-28/h2-5,10-11H,6-9H2,1H3,(H,25,30)(H,26,29). The third kappa shape index (κ3) is 4.38. The number of aromatic amines is 1. The van der Waals surface area contributed by atoms with E-state index >= 15 is 0 Å². The lowest BCUT2D eigenvalue weighted by atomic mass is 10.1. The number of nitrogens with zero attached hydrogens (tertiary/aromatic N) is 2. The highest BCUT2D eigenvalue weighted by atomic mass is 19.4. The molecule has 10 heteroatoms. The second kappa shape index (κ2) is 8.03. The number of halogens is 3. The van der Waals surface area contributed by atoms with Gasteiger partial charge in [0, 0.05) is 35.7 Å². The molecule has 3 aromatic rings. The predicted octanol–water partition coefficient (Wildman–Crippen LogP) is 3.34. The number of morpholine rings is 1. The minimum absolute atomic E-state index is 0.0306. The molecule has 1 aromatic carbocycles. The molecule has 7 nitrogen and oxygen atoms in total. The second-order valence-corrected chi connectivity index (χ2v) is 7.20. The summed E-state index contributed by atoms with van der Waals surface area (Å²) >= 11 is 0.